The third kappa shape index (κ3) is 3.23. The summed E-state index contributed by atoms with van der Waals surface area (Å²) in [5.41, 5.74) is 0.409. The standard InChI is InChI=1S/C11H14F3N/c1-3-7(2)15-6-8-4-9(12)11(14)10(13)5-8/h4-5,7,15H,3,6H2,1-2H3/t7-/m1/s1. The second-order valence-corrected chi connectivity index (χ2v) is 3.56. The highest BCUT2D eigenvalue weighted by Gasteiger charge is 2.10. The Morgan fingerprint density at radius 2 is 1.73 bits per heavy atom. The normalized spacial score (nSPS) is 12.9. The number of halogens is 3. The van der Waals surface area contributed by atoms with Gasteiger partial charge in [0.15, 0.2) is 17.5 Å². The number of nitrogens with one attached hydrogen (secondary N) is 1. The summed E-state index contributed by atoms with van der Waals surface area (Å²) in [6.45, 7) is 4.31. The Bertz CT molecular complexity index is 316. The average molecular weight is 217 g/mol. The molecule has 0 aromatic heterocycles. The third-order valence-corrected chi connectivity index (χ3v) is 2.31. The number of benzene rings is 1. The van der Waals surface area contributed by atoms with Gasteiger partial charge >= 0.3 is 0 Å². The first kappa shape index (κ1) is 12.0. The molecule has 0 aliphatic heterocycles. The molecule has 0 saturated carbocycles. The highest BCUT2D eigenvalue weighted by molar-refractivity contribution is 5.19. The molecule has 0 spiro atoms. The molecule has 4 heteroatoms. The van der Waals surface area contributed by atoms with Crippen LogP contribution in [0.3, 0.4) is 0 Å². The summed E-state index contributed by atoms with van der Waals surface area (Å²) in [6, 6.07) is 2.28. The molecule has 1 aromatic carbocycles. The van der Waals surface area contributed by atoms with E-state index in [4.69, 9.17) is 0 Å². The summed E-state index contributed by atoms with van der Waals surface area (Å²) >= 11 is 0. The first-order valence-corrected chi connectivity index (χ1v) is 4.91. The molecular weight excluding hydrogens is 203 g/mol. The van der Waals surface area contributed by atoms with E-state index < -0.39 is 17.5 Å². The minimum atomic E-state index is -1.41. The van der Waals surface area contributed by atoms with Crippen LogP contribution in [0.1, 0.15) is 25.8 Å². The first-order chi connectivity index (χ1) is 7.04. The van der Waals surface area contributed by atoms with Crippen molar-refractivity contribution in [2.24, 2.45) is 0 Å². The van der Waals surface area contributed by atoms with Gasteiger partial charge in [-0.1, -0.05) is 6.92 Å². The lowest BCUT2D eigenvalue weighted by Crippen LogP contribution is -2.24. The van der Waals surface area contributed by atoms with E-state index in [9.17, 15) is 13.2 Å². The number of hydrogen-bond donors (Lipinski definition) is 1. The Labute approximate surface area is 87.3 Å². The van der Waals surface area contributed by atoms with Gasteiger partial charge in [0.2, 0.25) is 0 Å². The maximum atomic E-state index is 12.8. The van der Waals surface area contributed by atoms with Crippen molar-refractivity contribution in [2.75, 3.05) is 0 Å². The van der Waals surface area contributed by atoms with Crippen LogP contribution in [0.25, 0.3) is 0 Å². The maximum absolute atomic E-state index is 12.8. The van der Waals surface area contributed by atoms with Gasteiger partial charge in [-0.3, -0.25) is 0 Å². The Hall–Kier alpha value is -1.03. The van der Waals surface area contributed by atoms with Crippen molar-refractivity contribution in [3.8, 4) is 0 Å². The predicted octanol–water partition coefficient (Wildman–Crippen LogP) is 2.99. The van der Waals surface area contributed by atoms with Crippen LogP contribution in [0.4, 0.5) is 13.2 Å². The lowest BCUT2D eigenvalue weighted by Gasteiger charge is -2.11. The van der Waals surface area contributed by atoms with Crippen molar-refractivity contribution in [1.29, 1.82) is 0 Å². The zero-order chi connectivity index (χ0) is 11.4. The van der Waals surface area contributed by atoms with Crippen LogP contribution in [0.2, 0.25) is 0 Å². The van der Waals surface area contributed by atoms with Gasteiger partial charge in [-0.15, -0.1) is 0 Å². The van der Waals surface area contributed by atoms with Crippen molar-refractivity contribution >= 4 is 0 Å². The van der Waals surface area contributed by atoms with Gasteiger partial charge < -0.3 is 5.32 Å². The second-order valence-electron chi connectivity index (χ2n) is 3.56. The summed E-state index contributed by atoms with van der Waals surface area (Å²) < 4.78 is 38.2. The van der Waals surface area contributed by atoms with Crippen molar-refractivity contribution in [3.63, 3.8) is 0 Å². The lowest BCUT2D eigenvalue weighted by molar-refractivity contribution is 0.442. The number of hydrogen-bond acceptors (Lipinski definition) is 1. The molecule has 0 saturated heterocycles. The molecule has 0 heterocycles. The topological polar surface area (TPSA) is 12.0 Å². The molecule has 84 valence electrons. The summed E-state index contributed by atoms with van der Waals surface area (Å²) in [4.78, 5) is 0. The zero-order valence-electron chi connectivity index (χ0n) is 8.78. The van der Waals surface area contributed by atoms with Crippen LogP contribution >= 0.6 is 0 Å². The summed E-state index contributed by atoms with van der Waals surface area (Å²) in [6.07, 6.45) is 0.923. The molecule has 1 nitrogen and oxygen atoms in total. The van der Waals surface area contributed by atoms with Gasteiger partial charge in [-0.05, 0) is 31.0 Å². The molecular formula is C11H14F3N. The average Bonchev–Trinajstić information content (AvgIpc) is 2.22. The van der Waals surface area contributed by atoms with Crippen LogP contribution in [0.15, 0.2) is 12.1 Å². The SMILES string of the molecule is CC[C@@H](C)NCc1cc(F)c(F)c(F)c1. The quantitative estimate of drug-likeness (QED) is 0.764. The zero-order valence-corrected chi connectivity index (χ0v) is 8.78. The minimum Gasteiger partial charge on any atom is -0.310 e. The Balaban J connectivity index is 2.70. The van der Waals surface area contributed by atoms with E-state index in [0.29, 0.717) is 12.1 Å². The fourth-order valence-corrected chi connectivity index (χ4v) is 1.15. The summed E-state index contributed by atoms with van der Waals surface area (Å²) in [5, 5.41) is 3.07. The van der Waals surface area contributed by atoms with Gasteiger partial charge in [0.05, 0.1) is 0 Å². The third-order valence-electron chi connectivity index (χ3n) is 2.31. The van der Waals surface area contributed by atoms with Crippen LogP contribution in [0.5, 0.6) is 0 Å². The summed E-state index contributed by atoms with van der Waals surface area (Å²) in [7, 11) is 0. The van der Waals surface area contributed by atoms with Crippen LogP contribution in [-0.4, -0.2) is 6.04 Å². The van der Waals surface area contributed by atoms with E-state index in [0.717, 1.165) is 18.6 Å². The van der Waals surface area contributed by atoms with Crippen molar-refractivity contribution in [2.45, 2.75) is 32.9 Å². The van der Waals surface area contributed by atoms with Gasteiger partial charge in [0.25, 0.3) is 0 Å². The van der Waals surface area contributed by atoms with E-state index in [-0.39, 0.29) is 6.04 Å². The molecule has 0 unspecified atom stereocenters. The first-order valence-electron chi connectivity index (χ1n) is 4.91. The largest absolute Gasteiger partial charge is 0.310 e. The second kappa shape index (κ2) is 5.16. The van der Waals surface area contributed by atoms with Gasteiger partial charge in [-0.25, -0.2) is 13.2 Å². The smallest absolute Gasteiger partial charge is 0.194 e. The minimum absolute atomic E-state index is 0.265. The molecule has 0 aliphatic rings. The van der Waals surface area contributed by atoms with E-state index in [1.54, 1.807) is 0 Å². The molecule has 0 bridgehead atoms. The molecule has 0 fully saturated rings. The fourth-order valence-electron chi connectivity index (χ4n) is 1.15. The van der Waals surface area contributed by atoms with Gasteiger partial charge in [0, 0.05) is 12.6 Å². The Kier molecular flexibility index (Phi) is 4.15. The highest BCUT2D eigenvalue weighted by atomic mass is 19.2. The van der Waals surface area contributed by atoms with Gasteiger partial charge in [0.1, 0.15) is 0 Å². The monoisotopic (exact) mass is 217 g/mol. The highest BCUT2D eigenvalue weighted by Crippen LogP contribution is 2.13. The molecule has 1 atom stereocenters. The van der Waals surface area contributed by atoms with Crippen LogP contribution < -0.4 is 5.32 Å². The van der Waals surface area contributed by atoms with E-state index in [1.807, 2.05) is 13.8 Å². The van der Waals surface area contributed by atoms with E-state index in [1.165, 1.54) is 0 Å². The fraction of sp³-hybridized carbons (Fsp3) is 0.455. The van der Waals surface area contributed by atoms with Gasteiger partial charge in [-0.2, -0.15) is 0 Å². The summed E-state index contributed by atoms with van der Waals surface area (Å²) in [5.74, 6) is -3.70. The molecule has 0 radical (unpaired) electrons. The molecule has 1 rings (SSSR count). The van der Waals surface area contributed by atoms with E-state index in [2.05, 4.69) is 5.32 Å². The van der Waals surface area contributed by atoms with Crippen molar-refractivity contribution in [3.05, 3.63) is 35.1 Å². The van der Waals surface area contributed by atoms with Crippen molar-refractivity contribution in [1.82, 2.24) is 5.32 Å². The molecule has 1 N–H and O–H groups in total. The molecule has 15 heavy (non-hydrogen) atoms. The molecule has 0 amide bonds. The Morgan fingerprint density at radius 3 is 2.20 bits per heavy atom. The molecule has 1 aromatic rings. The maximum Gasteiger partial charge on any atom is 0.194 e. The Morgan fingerprint density at radius 1 is 1.20 bits per heavy atom. The van der Waals surface area contributed by atoms with Crippen molar-refractivity contribution < 1.29 is 13.2 Å². The molecule has 0 aliphatic carbocycles. The predicted molar refractivity (Wildman–Crippen MR) is 52.9 cm³/mol. The van der Waals surface area contributed by atoms with Crippen LogP contribution in [0, 0.1) is 17.5 Å². The number of rotatable bonds is 4. The van der Waals surface area contributed by atoms with Crippen LogP contribution in [-0.2, 0) is 6.54 Å². The van der Waals surface area contributed by atoms with E-state index >= 15 is 0 Å². The lowest BCUT2D eigenvalue weighted by atomic mass is 10.2.